The molecule has 1 N–H and O–H groups in total. The van der Waals surface area contributed by atoms with E-state index in [1.807, 2.05) is 12.2 Å². The second kappa shape index (κ2) is 6.01. The fourth-order valence-electron chi connectivity index (χ4n) is 2.78. The zero-order chi connectivity index (χ0) is 12.9. The van der Waals surface area contributed by atoms with E-state index in [-0.39, 0.29) is 17.3 Å². The molecule has 1 fully saturated rings. The molecule has 0 radical (unpaired) electrons. The number of aliphatic hydroxyl groups excluding tert-OH is 1. The molecular weight excluding hydrogens is 216 g/mol. The first-order valence-corrected chi connectivity index (χ1v) is 6.15. The van der Waals surface area contributed by atoms with Gasteiger partial charge in [-0.15, -0.1) is 13.2 Å². The van der Waals surface area contributed by atoms with Gasteiger partial charge >= 0.3 is 5.97 Å². The van der Waals surface area contributed by atoms with Crippen LogP contribution in [0.15, 0.2) is 25.3 Å². The van der Waals surface area contributed by atoms with Gasteiger partial charge in [0.25, 0.3) is 0 Å². The summed E-state index contributed by atoms with van der Waals surface area (Å²) >= 11 is 0. The van der Waals surface area contributed by atoms with Crippen molar-refractivity contribution in [3.63, 3.8) is 0 Å². The molecule has 1 aliphatic carbocycles. The quantitative estimate of drug-likeness (QED) is 0.547. The maximum Gasteiger partial charge on any atom is 0.306 e. The van der Waals surface area contributed by atoms with Crippen LogP contribution in [0.2, 0.25) is 0 Å². The average molecular weight is 238 g/mol. The van der Waals surface area contributed by atoms with Gasteiger partial charge in [0, 0.05) is 5.41 Å². The summed E-state index contributed by atoms with van der Waals surface area (Å²) < 4.78 is 4.89. The highest BCUT2D eigenvalue weighted by atomic mass is 16.5. The molecule has 0 aliphatic heterocycles. The maximum absolute atomic E-state index is 11.3. The summed E-state index contributed by atoms with van der Waals surface area (Å²) in [6.45, 7) is 9.63. The molecule has 0 aromatic rings. The fraction of sp³-hybridized carbons (Fsp3) is 0.643. The van der Waals surface area contributed by atoms with Crippen LogP contribution in [0.5, 0.6) is 0 Å². The molecule has 0 aromatic heterocycles. The molecule has 3 heteroatoms. The van der Waals surface area contributed by atoms with Crippen LogP contribution >= 0.6 is 0 Å². The largest absolute Gasteiger partial charge is 0.466 e. The van der Waals surface area contributed by atoms with E-state index in [1.165, 1.54) is 0 Å². The number of hydrogen-bond acceptors (Lipinski definition) is 3. The second-order valence-electron chi connectivity index (χ2n) is 4.77. The molecule has 96 valence electrons. The van der Waals surface area contributed by atoms with Gasteiger partial charge < -0.3 is 9.84 Å². The SMILES string of the molecule is C=CCC1(CC=C)C[C@@H](CC(=O)OCC)[C@@H]1O. The number of rotatable bonds is 7. The minimum absolute atomic E-state index is 0.0222. The zero-order valence-corrected chi connectivity index (χ0v) is 10.5. The summed E-state index contributed by atoms with van der Waals surface area (Å²) in [7, 11) is 0. The van der Waals surface area contributed by atoms with Gasteiger partial charge in [-0.05, 0) is 32.1 Å². The number of carbonyl (C=O) groups is 1. The molecule has 1 saturated carbocycles. The molecule has 2 atom stereocenters. The molecule has 1 aliphatic rings. The fourth-order valence-corrected chi connectivity index (χ4v) is 2.78. The van der Waals surface area contributed by atoms with Gasteiger partial charge in [-0.3, -0.25) is 4.79 Å². The highest BCUT2D eigenvalue weighted by Crippen LogP contribution is 2.52. The van der Waals surface area contributed by atoms with Crippen molar-refractivity contribution in [1.82, 2.24) is 0 Å². The standard InChI is InChI=1S/C14H22O3/c1-4-7-14(8-5-2)10-11(13(14)16)9-12(15)17-6-3/h4-5,11,13,16H,1-2,6-10H2,3H3/t11-,13+/m1/s1. The molecule has 3 nitrogen and oxygen atoms in total. The van der Waals surface area contributed by atoms with Crippen LogP contribution in [-0.4, -0.2) is 23.8 Å². The lowest BCUT2D eigenvalue weighted by molar-refractivity contribution is -0.157. The molecule has 0 unspecified atom stereocenters. The molecule has 0 bridgehead atoms. The van der Waals surface area contributed by atoms with Gasteiger partial charge in [0.1, 0.15) is 0 Å². The number of aliphatic hydroxyl groups is 1. The van der Waals surface area contributed by atoms with Crippen LogP contribution in [0.1, 0.15) is 32.6 Å². The monoisotopic (exact) mass is 238 g/mol. The Kier molecular flexibility index (Phi) is 4.94. The van der Waals surface area contributed by atoms with Crippen molar-refractivity contribution in [2.45, 2.75) is 38.7 Å². The van der Waals surface area contributed by atoms with E-state index in [4.69, 9.17) is 4.74 Å². The normalized spacial score (nSPS) is 25.8. The number of hydrogen-bond donors (Lipinski definition) is 1. The molecule has 0 heterocycles. The van der Waals surface area contributed by atoms with E-state index in [2.05, 4.69) is 13.2 Å². The van der Waals surface area contributed by atoms with Crippen LogP contribution in [0.3, 0.4) is 0 Å². The Morgan fingerprint density at radius 2 is 2.06 bits per heavy atom. The Bertz CT molecular complexity index is 286. The first-order valence-electron chi connectivity index (χ1n) is 6.15. The highest BCUT2D eigenvalue weighted by molar-refractivity contribution is 5.70. The average Bonchev–Trinajstić information content (AvgIpc) is 2.29. The minimum Gasteiger partial charge on any atom is -0.466 e. The molecule has 17 heavy (non-hydrogen) atoms. The molecule has 0 spiro atoms. The lowest BCUT2D eigenvalue weighted by Crippen LogP contribution is -2.52. The van der Waals surface area contributed by atoms with Crippen molar-refractivity contribution in [3.05, 3.63) is 25.3 Å². The number of carbonyl (C=O) groups excluding carboxylic acids is 1. The summed E-state index contributed by atoms with van der Waals surface area (Å²) in [5.41, 5.74) is -0.152. The predicted octanol–water partition coefficient (Wildman–Crippen LogP) is 2.46. The van der Waals surface area contributed by atoms with E-state index >= 15 is 0 Å². The van der Waals surface area contributed by atoms with Crippen LogP contribution in [0.4, 0.5) is 0 Å². The Labute approximate surface area is 103 Å². The van der Waals surface area contributed by atoms with E-state index in [1.54, 1.807) is 6.92 Å². The Hall–Kier alpha value is -1.09. The lowest BCUT2D eigenvalue weighted by atomic mass is 9.55. The minimum atomic E-state index is -0.456. The van der Waals surface area contributed by atoms with Crippen LogP contribution in [0, 0.1) is 11.3 Å². The predicted molar refractivity (Wildman–Crippen MR) is 67.4 cm³/mol. The van der Waals surface area contributed by atoms with Crippen molar-refractivity contribution in [2.24, 2.45) is 11.3 Å². The second-order valence-corrected chi connectivity index (χ2v) is 4.77. The van der Waals surface area contributed by atoms with Crippen LogP contribution in [-0.2, 0) is 9.53 Å². The van der Waals surface area contributed by atoms with Gasteiger partial charge in [-0.1, -0.05) is 12.2 Å². The zero-order valence-electron chi connectivity index (χ0n) is 10.5. The number of esters is 1. The Morgan fingerprint density at radius 3 is 2.47 bits per heavy atom. The van der Waals surface area contributed by atoms with Crippen molar-refractivity contribution in [1.29, 1.82) is 0 Å². The third kappa shape index (κ3) is 2.97. The van der Waals surface area contributed by atoms with E-state index in [9.17, 15) is 9.90 Å². The van der Waals surface area contributed by atoms with Crippen molar-refractivity contribution in [3.8, 4) is 0 Å². The number of allylic oxidation sites excluding steroid dienone is 2. The molecule has 0 saturated heterocycles. The third-order valence-electron chi connectivity index (χ3n) is 3.58. The van der Waals surface area contributed by atoms with Gasteiger partial charge in [0.15, 0.2) is 0 Å². The molecule has 0 amide bonds. The topological polar surface area (TPSA) is 46.5 Å². The maximum atomic E-state index is 11.3. The van der Waals surface area contributed by atoms with Crippen molar-refractivity contribution >= 4 is 5.97 Å². The van der Waals surface area contributed by atoms with Crippen LogP contribution < -0.4 is 0 Å². The summed E-state index contributed by atoms with van der Waals surface area (Å²) in [6, 6.07) is 0. The van der Waals surface area contributed by atoms with Gasteiger partial charge in [-0.2, -0.15) is 0 Å². The van der Waals surface area contributed by atoms with Crippen molar-refractivity contribution < 1.29 is 14.6 Å². The highest BCUT2D eigenvalue weighted by Gasteiger charge is 2.51. The van der Waals surface area contributed by atoms with Gasteiger partial charge in [0.2, 0.25) is 0 Å². The molecule has 1 rings (SSSR count). The van der Waals surface area contributed by atoms with E-state index < -0.39 is 6.10 Å². The summed E-state index contributed by atoms with van der Waals surface area (Å²) in [5.74, 6) is -0.198. The number of ether oxygens (including phenoxy) is 1. The third-order valence-corrected chi connectivity index (χ3v) is 3.58. The first-order chi connectivity index (χ1) is 8.09. The smallest absolute Gasteiger partial charge is 0.306 e. The van der Waals surface area contributed by atoms with Gasteiger partial charge in [0.05, 0.1) is 19.1 Å². The first kappa shape index (κ1) is 14.0. The van der Waals surface area contributed by atoms with Gasteiger partial charge in [-0.25, -0.2) is 0 Å². The van der Waals surface area contributed by atoms with E-state index in [0.29, 0.717) is 13.0 Å². The van der Waals surface area contributed by atoms with E-state index in [0.717, 1.165) is 19.3 Å². The summed E-state index contributed by atoms with van der Waals surface area (Å²) in [5, 5.41) is 10.2. The Morgan fingerprint density at radius 1 is 1.47 bits per heavy atom. The van der Waals surface area contributed by atoms with Crippen LogP contribution in [0.25, 0.3) is 0 Å². The molecular formula is C14H22O3. The summed E-state index contributed by atoms with van der Waals surface area (Å²) in [6.07, 6.45) is 5.87. The lowest BCUT2D eigenvalue weighted by Gasteiger charge is -2.52. The Balaban J connectivity index is 2.52. The summed E-state index contributed by atoms with van der Waals surface area (Å²) in [4.78, 5) is 11.3. The van der Waals surface area contributed by atoms with Crippen molar-refractivity contribution in [2.75, 3.05) is 6.61 Å². The molecule has 0 aromatic carbocycles.